The molecule has 1 aliphatic carbocycles. The highest BCUT2D eigenvalue weighted by Crippen LogP contribution is 2.35. The van der Waals surface area contributed by atoms with Crippen LogP contribution in [-0.4, -0.2) is 22.8 Å². The van der Waals surface area contributed by atoms with Gasteiger partial charge in [0.25, 0.3) is 0 Å². The number of hydrogen-bond acceptors (Lipinski definition) is 6. The van der Waals surface area contributed by atoms with E-state index in [0.29, 0.717) is 23.2 Å². The zero-order valence-corrected chi connectivity index (χ0v) is 13.4. The maximum Gasteiger partial charge on any atom is 0.249 e. The number of amides is 1. The quantitative estimate of drug-likeness (QED) is 0.928. The number of carbonyl (C=O) groups is 1. The fraction of sp³-hybridized carbons (Fsp3) is 0.471. The molecular formula is C17H19N3O4. The minimum atomic E-state index is -0.312. The molecule has 0 bridgehead atoms. The lowest BCUT2D eigenvalue weighted by Crippen LogP contribution is -2.31. The van der Waals surface area contributed by atoms with Crippen molar-refractivity contribution in [3.63, 3.8) is 0 Å². The maximum atomic E-state index is 12.2. The van der Waals surface area contributed by atoms with Crippen LogP contribution in [0, 0.1) is 5.92 Å². The molecule has 1 saturated carbocycles. The van der Waals surface area contributed by atoms with Crippen molar-refractivity contribution in [1.29, 1.82) is 0 Å². The second kappa shape index (κ2) is 6.14. The van der Waals surface area contributed by atoms with Gasteiger partial charge in [-0.2, -0.15) is 4.98 Å². The molecule has 1 N–H and O–H groups in total. The van der Waals surface area contributed by atoms with Crippen LogP contribution in [0.15, 0.2) is 22.7 Å². The molecule has 0 spiro atoms. The second-order valence-corrected chi connectivity index (χ2v) is 6.24. The third kappa shape index (κ3) is 2.81. The van der Waals surface area contributed by atoms with E-state index in [2.05, 4.69) is 15.5 Å². The first-order valence-electron chi connectivity index (χ1n) is 8.25. The van der Waals surface area contributed by atoms with Crippen LogP contribution >= 0.6 is 0 Å². The lowest BCUT2D eigenvalue weighted by atomic mass is 10.1. The molecule has 7 nitrogen and oxygen atoms in total. The molecule has 4 rings (SSSR count). The summed E-state index contributed by atoms with van der Waals surface area (Å²) in [6.45, 7) is 2.07. The summed E-state index contributed by atoms with van der Waals surface area (Å²) in [5, 5.41) is 6.97. The predicted molar refractivity (Wildman–Crippen MR) is 84.4 cm³/mol. The molecule has 1 fully saturated rings. The molecule has 126 valence electrons. The minimum absolute atomic E-state index is 0.0721. The van der Waals surface area contributed by atoms with E-state index in [1.807, 2.05) is 25.1 Å². The van der Waals surface area contributed by atoms with Gasteiger partial charge in [0.05, 0.1) is 0 Å². The molecule has 0 radical (unpaired) electrons. The van der Waals surface area contributed by atoms with Crippen molar-refractivity contribution in [1.82, 2.24) is 15.5 Å². The van der Waals surface area contributed by atoms with Crippen LogP contribution in [0.5, 0.6) is 11.5 Å². The van der Waals surface area contributed by atoms with E-state index in [4.69, 9.17) is 14.0 Å². The number of rotatable bonds is 4. The highest BCUT2D eigenvalue weighted by atomic mass is 16.7. The Kier molecular flexibility index (Phi) is 3.84. The summed E-state index contributed by atoms with van der Waals surface area (Å²) in [4.78, 5) is 16.6. The van der Waals surface area contributed by atoms with Crippen molar-refractivity contribution in [3.8, 4) is 22.9 Å². The maximum absolute atomic E-state index is 12.2. The lowest BCUT2D eigenvalue weighted by Gasteiger charge is -2.13. The highest BCUT2D eigenvalue weighted by Gasteiger charge is 2.26. The number of hydrogen-bond donors (Lipinski definition) is 1. The summed E-state index contributed by atoms with van der Waals surface area (Å²) < 4.78 is 16.0. The summed E-state index contributed by atoms with van der Waals surface area (Å²) in [6, 6.07) is 5.18. The number of fused-ring (bicyclic) bond motifs is 1. The first kappa shape index (κ1) is 15.0. The minimum Gasteiger partial charge on any atom is -0.454 e. The summed E-state index contributed by atoms with van der Waals surface area (Å²) >= 11 is 0. The molecule has 0 unspecified atom stereocenters. The van der Waals surface area contributed by atoms with E-state index in [0.717, 1.165) is 31.2 Å². The van der Waals surface area contributed by atoms with Gasteiger partial charge in [-0.25, -0.2) is 0 Å². The molecule has 2 aliphatic rings. The van der Waals surface area contributed by atoms with Crippen LogP contribution in [0.2, 0.25) is 0 Å². The van der Waals surface area contributed by atoms with Crippen LogP contribution in [-0.2, 0) is 4.79 Å². The summed E-state index contributed by atoms with van der Waals surface area (Å²) in [5.74, 6) is 2.42. The van der Waals surface area contributed by atoms with E-state index in [1.165, 1.54) is 0 Å². The topological polar surface area (TPSA) is 86.5 Å². The van der Waals surface area contributed by atoms with Gasteiger partial charge in [-0.3, -0.25) is 4.79 Å². The first-order valence-corrected chi connectivity index (χ1v) is 8.25. The van der Waals surface area contributed by atoms with Gasteiger partial charge in [-0.1, -0.05) is 18.0 Å². The Balaban J connectivity index is 1.46. The van der Waals surface area contributed by atoms with Crippen molar-refractivity contribution in [2.45, 2.75) is 38.6 Å². The first-order chi connectivity index (χ1) is 11.7. The lowest BCUT2D eigenvalue weighted by molar-refractivity contribution is -0.125. The number of benzene rings is 1. The van der Waals surface area contributed by atoms with Gasteiger partial charge in [0, 0.05) is 11.5 Å². The average molecular weight is 329 g/mol. The Morgan fingerprint density at radius 2 is 2.04 bits per heavy atom. The zero-order valence-electron chi connectivity index (χ0n) is 13.4. The van der Waals surface area contributed by atoms with E-state index in [9.17, 15) is 4.79 Å². The van der Waals surface area contributed by atoms with Gasteiger partial charge < -0.3 is 19.3 Å². The molecule has 1 atom stereocenters. The smallest absolute Gasteiger partial charge is 0.249 e. The van der Waals surface area contributed by atoms with Gasteiger partial charge in [0.1, 0.15) is 6.04 Å². The van der Waals surface area contributed by atoms with Crippen LogP contribution in [0.3, 0.4) is 0 Å². The largest absolute Gasteiger partial charge is 0.454 e. The monoisotopic (exact) mass is 329 g/mol. The van der Waals surface area contributed by atoms with E-state index < -0.39 is 0 Å². The van der Waals surface area contributed by atoms with Gasteiger partial charge in [0.15, 0.2) is 11.5 Å². The van der Waals surface area contributed by atoms with Crippen molar-refractivity contribution >= 4 is 5.91 Å². The summed E-state index contributed by atoms with van der Waals surface area (Å²) in [6.07, 6.45) is 4.18. The van der Waals surface area contributed by atoms with Crippen LogP contribution in [0.1, 0.15) is 44.5 Å². The molecular weight excluding hydrogens is 310 g/mol. The number of nitrogens with zero attached hydrogens (tertiary/aromatic N) is 2. The predicted octanol–water partition coefficient (Wildman–Crippen LogP) is 2.83. The molecule has 0 saturated heterocycles. The van der Waals surface area contributed by atoms with Crippen LogP contribution in [0.25, 0.3) is 11.4 Å². The van der Waals surface area contributed by atoms with Crippen LogP contribution < -0.4 is 14.8 Å². The number of nitrogens with one attached hydrogen (secondary N) is 1. The standard InChI is InChI=1S/C17H19N3O4/c1-10(18-16(21)11-4-2-3-5-11)17-19-15(20-24-17)12-6-7-13-14(8-12)23-9-22-13/h6-8,10-11H,2-5,9H2,1H3,(H,18,21)/t10-/m1/s1. The van der Waals surface area contributed by atoms with E-state index >= 15 is 0 Å². The van der Waals surface area contributed by atoms with Gasteiger partial charge in [-0.15, -0.1) is 0 Å². The molecule has 2 heterocycles. The van der Waals surface area contributed by atoms with Crippen molar-refractivity contribution in [2.24, 2.45) is 5.92 Å². The SMILES string of the molecule is C[C@@H](NC(=O)C1CCCC1)c1nc(-c2ccc3c(c2)OCO3)no1. The number of aromatic nitrogens is 2. The Hall–Kier alpha value is -2.57. The fourth-order valence-corrected chi connectivity index (χ4v) is 3.14. The number of ether oxygens (including phenoxy) is 2. The third-order valence-electron chi connectivity index (χ3n) is 4.53. The van der Waals surface area contributed by atoms with Crippen LogP contribution in [0.4, 0.5) is 0 Å². The average Bonchev–Trinajstić information content (AvgIpc) is 3.33. The third-order valence-corrected chi connectivity index (χ3v) is 4.53. The second-order valence-electron chi connectivity index (χ2n) is 6.24. The number of carbonyl (C=O) groups excluding carboxylic acids is 1. The molecule has 7 heteroatoms. The Bertz CT molecular complexity index is 752. The van der Waals surface area contributed by atoms with E-state index in [-0.39, 0.29) is 24.7 Å². The molecule has 2 aromatic rings. The van der Waals surface area contributed by atoms with Gasteiger partial charge >= 0.3 is 0 Å². The normalized spacial score (nSPS) is 17.9. The molecule has 1 aliphatic heterocycles. The summed E-state index contributed by atoms with van der Waals surface area (Å²) in [5.41, 5.74) is 0.781. The van der Waals surface area contributed by atoms with Gasteiger partial charge in [0.2, 0.25) is 24.4 Å². The fourth-order valence-electron chi connectivity index (χ4n) is 3.14. The Morgan fingerprint density at radius 1 is 1.25 bits per heavy atom. The van der Waals surface area contributed by atoms with Gasteiger partial charge in [-0.05, 0) is 38.0 Å². The van der Waals surface area contributed by atoms with Crippen molar-refractivity contribution < 1.29 is 18.8 Å². The Morgan fingerprint density at radius 3 is 2.88 bits per heavy atom. The molecule has 1 aromatic heterocycles. The van der Waals surface area contributed by atoms with E-state index in [1.54, 1.807) is 0 Å². The van der Waals surface area contributed by atoms with Crippen molar-refractivity contribution in [3.05, 3.63) is 24.1 Å². The summed E-state index contributed by atoms with van der Waals surface area (Å²) in [7, 11) is 0. The molecule has 24 heavy (non-hydrogen) atoms. The highest BCUT2D eigenvalue weighted by molar-refractivity contribution is 5.79. The Labute approximate surface area is 139 Å². The zero-order chi connectivity index (χ0) is 16.5. The molecule has 1 amide bonds. The van der Waals surface area contributed by atoms with Crippen molar-refractivity contribution in [2.75, 3.05) is 6.79 Å². The molecule has 1 aromatic carbocycles.